The summed E-state index contributed by atoms with van der Waals surface area (Å²) in [5.74, 6) is 2.96. The fourth-order valence-electron chi connectivity index (χ4n) is 14.1. The van der Waals surface area contributed by atoms with Crippen LogP contribution >= 0.6 is 0 Å². The molecule has 0 amide bonds. The van der Waals surface area contributed by atoms with Crippen molar-refractivity contribution in [1.29, 1.82) is 0 Å². The van der Waals surface area contributed by atoms with E-state index in [1.165, 1.54) is 89.4 Å². The number of likely N-dealkylation sites (tertiary alicyclic amines) is 1. The second-order valence-corrected chi connectivity index (χ2v) is 20.2. The van der Waals surface area contributed by atoms with E-state index in [-0.39, 0.29) is 29.3 Å². The number of carboxylic acid groups (broad SMARTS) is 1. The van der Waals surface area contributed by atoms with Crippen molar-refractivity contribution in [3.63, 3.8) is 0 Å². The van der Waals surface area contributed by atoms with Gasteiger partial charge in [-0.1, -0.05) is 53.7 Å². The summed E-state index contributed by atoms with van der Waals surface area (Å²) in [5, 5.41) is 9.60. The summed E-state index contributed by atoms with van der Waals surface area (Å²) in [6, 6.07) is 0. The van der Waals surface area contributed by atoms with Crippen LogP contribution < -0.4 is 0 Å². The average Bonchev–Trinajstić information content (AvgIpc) is 3.57. The third-order valence-electron chi connectivity index (χ3n) is 17.1. The van der Waals surface area contributed by atoms with Gasteiger partial charge in [0.2, 0.25) is 0 Å². The maximum atomic E-state index is 13.1. The zero-order valence-electron chi connectivity index (χ0n) is 31.7. The highest BCUT2D eigenvalue weighted by atomic mass is 16.5. The highest BCUT2D eigenvalue weighted by molar-refractivity contribution is 5.81. The molecule has 5 nitrogen and oxygen atoms in total. The van der Waals surface area contributed by atoms with Gasteiger partial charge in [0.05, 0.1) is 11.8 Å². The van der Waals surface area contributed by atoms with Gasteiger partial charge in [0.25, 0.3) is 0 Å². The molecule has 1 unspecified atom stereocenters. The highest BCUT2D eigenvalue weighted by Gasteiger charge is 2.71. The van der Waals surface area contributed by atoms with Crippen molar-refractivity contribution in [1.82, 2.24) is 4.90 Å². The first-order chi connectivity index (χ1) is 21.8. The van der Waals surface area contributed by atoms with Crippen LogP contribution in [0, 0.1) is 68.0 Å². The molecule has 1 N–H and O–H groups in total. The Morgan fingerprint density at radius 3 is 2.26 bits per heavy atom. The molecular weight excluding hydrogens is 582 g/mol. The lowest BCUT2D eigenvalue weighted by Crippen LogP contribution is -2.66. The van der Waals surface area contributed by atoms with Crippen molar-refractivity contribution in [3.05, 3.63) is 12.2 Å². The Morgan fingerprint density at radius 1 is 0.894 bits per heavy atom. The number of hydrogen-bond acceptors (Lipinski definition) is 4. The van der Waals surface area contributed by atoms with E-state index < -0.39 is 11.4 Å². The number of carbonyl (C=O) groups excluding carboxylic acids is 1. The molecule has 1 aliphatic heterocycles. The van der Waals surface area contributed by atoms with E-state index in [1.54, 1.807) is 13.8 Å². The van der Waals surface area contributed by atoms with Gasteiger partial charge < -0.3 is 14.7 Å². The Hall–Kier alpha value is -1.36. The van der Waals surface area contributed by atoms with E-state index in [2.05, 4.69) is 59.9 Å². The van der Waals surface area contributed by atoms with E-state index in [1.807, 2.05) is 0 Å². The molecule has 266 valence electrons. The summed E-state index contributed by atoms with van der Waals surface area (Å²) in [7, 11) is 0. The van der Waals surface area contributed by atoms with Gasteiger partial charge in [-0.2, -0.15) is 0 Å². The molecule has 0 aromatic rings. The quantitative estimate of drug-likeness (QED) is 0.209. The van der Waals surface area contributed by atoms with Crippen molar-refractivity contribution >= 4 is 11.9 Å². The predicted molar refractivity (Wildman–Crippen MR) is 190 cm³/mol. The van der Waals surface area contributed by atoms with Gasteiger partial charge in [-0.3, -0.25) is 9.59 Å². The first-order valence-corrected chi connectivity index (χ1v) is 19.6. The van der Waals surface area contributed by atoms with Crippen LogP contribution in [0.1, 0.15) is 146 Å². The SMILES string of the molecule is C=C(C)[C@@H]1CC[C@]2(CCN3CCC(C)C3)CC[C@]3(C)[C@H](CC[C@@H]4[C@@]5(C)CC[C@H](OC(=O)CC(C)(C)C(=O)O)C(C)(C)[C@@H]5CC[C@]43C)[C@@H]12. The van der Waals surface area contributed by atoms with Gasteiger partial charge in [0.15, 0.2) is 0 Å². The highest BCUT2D eigenvalue weighted by Crippen LogP contribution is 2.78. The van der Waals surface area contributed by atoms with E-state index in [0.717, 1.165) is 30.6 Å². The Labute approximate surface area is 287 Å². The van der Waals surface area contributed by atoms with Gasteiger partial charge in [-0.15, -0.1) is 0 Å². The maximum Gasteiger partial charge on any atom is 0.309 e. The van der Waals surface area contributed by atoms with Crippen LogP contribution in [0.3, 0.4) is 0 Å². The summed E-state index contributed by atoms with van der Waals surface area (Å²) in [6.07, 6.45) is 15.2. The van der Waals surface area contributed by atoms with Crippen LogP contribution in [-0.2, 0) is 14.3 Å². The van der Waals surface area contributed by atoms with Crippen molar-refractivity contribution in [3.8, 4) is 0 Å². The summed E-state index contributed by atoms with van der Waals surface area (Å²) in [4.78, 5) is 27.6. The van der Waals surface area contributed by atoms with Crippen LogP contribution in [-0.4, -0.2) is 47.7 Å². The Kier molecular flexibility index (Phi) is 8.95. The molecule has 6 fully saturated rings. The molecular formula is C42H69NO4. The van der Waals surface area contributed by atoms with Gasteiger partial charge in [0, 0.05) is 12.0 Å². The molecule has 5 aliphatic carbocycles. The molecule has 0 aromatic carbocycles. The number of carboxylic acids is 1. The van der Waals surface area contributed by atoms with Crippen molar-refractivity contribution in [2.75, 3.05) is 19.6 Å². The molecule has 5 saturated carbocycles. The van der Waals surface area contributed by atoms with Crippen LogP contribution in [0.2, 0.25) is 0 Å². The van der Waals surface area contributed by atoms with Crippen LogP contribution in [0.25, 0.3) is 0 Å². The standard InChI is InChI=1S/C42H69NO4/c1-27(2)29-13-19-42(22-24-43-23-16-28(3)26-43)21-20-40(9)30(35(29)42)11-12-32-39(8)17-15-33(47-34(44)25-37(4,5)36(45)46)38(6,7)31(39)14-18-41(32,40)10/h28-33,35H,1,11-26H2,2-10H3,(H,45,46)/t28?,29-,30+,31-,32+,33-,35+,39-,40+,41+,42+/m0/s1. The van der Waals surface area contributed by atoms with Crippen LogP contribution in [0.15, 0.2) is 12.2 Å². The fourth-order valence-corrected chi connectivity index (χ4v) is 14.1. The number of hydrogen-bond donors (Lipinski definition) is 1. The monoisotopic (exact) mass is 652 g/mol. The number of aliphatic carboxylic acids is 1. The fraction of sp³-hybridized carbons (Fsp3) is 0.905. The molecule has 0 spiro atoms. The minimum absolute atomic E-state index is 0.0811. The Balaban J connectivity index is 1.24. The van der Waals surface area contributed by atoms with Gasteiger partial charge >= 0.3 is 11.9 Å². The van der Waals surface area contributed by atoms with Gasteiger partial charge in [-0.05, 0) is 168 Å². The van der Waals surface area contributed by atoms with E-state index in [4.69, 9.17) is 4.74 Å². The van der Waals surface area contributed by atoms with E-state index in [0.29, 0.717) is 34.0 Å². The number of carbonyl (C=O) groups is 2. The molecule has 0 aromatic heterocycles. The summed E-state index contributed by atoms with van der Waals surface area (Å²) in [5.41, 5.74) is 1.55. The molecule has 5 heteroatoms. The van der Waals surface area contributed by atoms with E-state index >= 15 is 0 Å². The van der Waals surface area contributed by atoms with Gasteiger partial charge in [-0.25, -0.2) is 0 Å². The second-order valence-electron chi connectivity index (χ2n) is 20.2. The molecule has 47 heavy (non-hydrogen) atoms. The normalized spacial score (nSPS) is 46.1. The smallest absolute Gasteiger partial charge is 0.309 e. The summed E-state index contributed by atoms with van der Waals surface area (Å²) >= 11 is 0. The zero-order valence-corrected chi connectivity index (χ0v) is 31.7. The Bertz CT molecular complexity index is 1250. The lowest BCUT2D eigenvalue weighted by molar-refractivity contribution is -0.250. The van der Waals surface area contributed by atoms with Crippen molar-refractivity contribution in [2.45, 2.75) is 152 Å². The zero-order chi connectivity index (χ0) is 34.4. The Morgan fingerprint density at radius 2 is 1.62 bits per heavy atom. The molecule has 11 atom stereocenters. The summed E-state index contributed by atoms with van der Waals surface area (Å²) in [6.45, 7) is 29.3. The molecule has 0 bridgehead atoms. The van der Waals surface area contributed by atoms with Crippen LogP contribution in [0.4, 0.5) is 0 Å². The second kappa shape index (κ2) is 11.9. The minimum Gasteiger partial charge on any atom is -0.481 e. The molecule has 6 rings (SSSR count). The third kappa shape index (κ3) is 5.49. The van der Waals surface area contributed by atoms with Crippen LogP contribution in [0.5, 0.6) is 0 Å². The summed E-state index contributed by atoms with van der Waals surface area (Å²) < 4.78 is 6.20. The topological polar surface area (TPSA) is 66.8 Å². The first kappa shape index (κ1) is 35.5. The number of esters is 1. The molecule has 1 heterocycles. The third-order valence-corrected chi connectivity index (χ3v) is 17.1. The number of allylic oxidation sites excluding steroid dienone is 1. The predicted octanol–water partition coefficient (Wildman–Crippen LogP) is 9.79. The van der Waals surface area contributed by atoms with Crippen molar-refractivity contribution in [2.24, 2.45) is 68.0 Å². The lowest BCUT2D eigenvalue weighted by Gasteiger charge is -2.73. The van der Waals surface area contributed by atoms with Gasteiger partial charge in [0.1, 0.15) is 6.10 Å². The maximum absolute atomic E-state index is 13.1. The molecule has 6 aliphatic rings. The van der Waals surface area contributed by atoms with Crippen molar-refractivity contribution < 1.29 is 19.4 Å². The number of rotatable bonds is 8. The lowest BCUT2D eigenvalue weighted by atomic mass is 9.32. The molecule has 0 radical (unpaired) electrons. The molecule has 1 saturated heterocycles. The average molecular weight is 652 g/mol. The largest absolute Gasteiger partial charge is 0.481 e. The number of nitrogens with zero attached hydrogens (tertiary/aromatic N) is 1. The number of fused-ring (bicyclic) bond motifs is 7. The number of ether oxygens (including phenoxy) is 1. The minimum atomic E-state index is -1.11. The van der Waals surface area contributed by atoms with E-state index in [9.17, 15) is 14.7 Å². The first-order valence-electron chi connectivity index (χ1n) is 19.6.